The van der Waals surface area contributed by atoms with E-state index in [1.54, 1.807) is 0 Å². The predicted molar refractivity (Wildman–Crippen MR) is 168 cm³/mol. The van der Waals surface area contributed by atoms with E-state index in [2.05, 4.69) is 84.4 Å². The molecular formula is C29H46BrN5O2Si2. The Bertz CT molecular complexity index is 1360. The van der Waals surface area contributed by atoms with Crippen LogP contribution in [0.1, 0.15) is 37.2 Å². The molecule has 0 N–H and O–H groups in total. The van der Waals surface area contributed by atoms with Crippen LogP contribution < -0.4 is 0 Å². The summed E-state index contributed by atoms with van der Waals surface area (Å²) in [6.45, 7) is 21.4. The summed E-state index contributed by atoms with van der Waals surface area (Å²) in [5.74, 6) is 1.60. The van der Waals surface area contributed by atoms with Crippen molar-refractivity contribution in [2.45, 2.75) is 104 Å². The van der Waals surface area contributed by atoms with Crippen LogP contribution in [0, 0.1) is 11.3 Å². The zero-order valence-electron chi connectivity index (χ0n) is 25.2. The number of aromatic nitrogens is 5. The van der Waals surface area contributed by atoms with Gasteiger partial charge in [0.05, 0.1) is 5.69 Å². The van der Waals surface area contributed by atoms with Crippen molar-refractivity contribution in [3.63, 3.8) is 0 Å². The first kappa shape index (κ1) is 29.2. The number of nitrogens with zero attached hydrogens (tertiary/aromatic N) is 5. The molecule has 1 saturated carbocycles. The van der Waals surface area contributed by atoms with Crippen molar-refractivity contribution in [2.75, 3.05) is 13.2 Å². The third-order valence-corrected chi connectivity index (χ3v) is 12.5. The van der Waals surface area contributed by atoms with E-state index in [0.29, 0.717) is 18.9 Å². The van der Waals surface area contributed by atoms with Crippen LogP contribution in [0.2, 0.25) is 51.4 Å². The number of imidazole rings is 1. The molecule has 2 aliphatic carbocycles. The molecule has 2 aliphatic rings. The number of rotatable bonds is 12. The van der Waals surface area contributed by atoms with Crippen molar-refractivity contribution in [1.29, 1.82) is 0 Å². The molecule has 3 aromatic heterocycles. The molecule has 3 aromatic rings. The summed E-state index contributed by atoms with van der Waals surface area (Å²) < 4.78 is 17.8. The lowest BCUT2D eigenvalue weighted by Gasteiger charge is -2.20. The fourth-order valence-electron chi connectivity index (χ4n) is 5.58. The lowest BCUT2D eigenvalue weighted by Crippen LogP contribution is -2.23. The molecule has 0 unspecified atom stereocenters. The Morgan fingerprint density at radius 1 is 1.03 bits per heavy atom. The summed E-state index contributed by atoms with van der Waals surface area (Å²) in [6, 6.07) is 4.39. The standard InChI is InChI=1S/C29H46BrN5O2Si2/c1-9-23-22(30)15-24-27(31-23)34(18-36-10-12-38(3,4)5)28(32-24)26-21-14-20-16-29(20,2)17-25(21)35(33-26)19-37-11-13-39(6,7)8/h15,20H,9-14,16-19H2,1-8H3/t20-,29-/m1/s1. The number of hydrogen-bond donors (Lipinski definition) is 0. The summed E-state index contributed by atoms with van der Waals surface area (Å²) in [5, 5.41) is 5.20. The molecule has 0 radical (unpaired) electrons. The van der Waals surface area contributed by atoms with Gasteiger partial charge in [-0.15, -0.1) is 0 Å². The first-order valence-corrected chi connectivity index (χ1v) is 22.8. The van der Waals surface area contributed by atoms with Crippen molar-refractivity contribution in [3.05, 3.63) is 27.5 Å². The van der Waals surface area contributed by atoms with Gasteiger partial charge in [0.15, 0.2) is 11.5 Å². The van der Waals surface area contributed by atoms with E-state index < -0.39 is 16.1 Å². The highest BCUT2D eigenvalue weighted by atomic mass is 79.9. The van der Waals surface area contributed by atoms with Gasteiger partial charge in [-0.25, -0.2) is 14.6 Å². The topological polar surface area (TPSA) is 67.0 Å². The van der Waals surface area contributed by atoms with E-state index >= 15 is 0 Å². The molecule has 7 nitrogen and oxygen atoms in total. The molecule has 2 atom stereocenters. The molecule has 1 fully saturated rings. The van der Waals surface area contributed by atoms with Gasteiger partial charge in [0.25, 0.3) is 0 Å². The molecule has 0 bridgehead atoms. The molecule has 3 heterocycles. The molecule has 0 spiro atoms. The van der Waals surface area contributed by atoms with Gasteiger partial charge >= 0.3 is 0 Å². The number of aryl methyl sites for hydroxylation is 1. The lowest BCUT2D eigenvalue weighted by atomic mass is 9.87. The van der Waals surface area contributed by atoms with Crippen LogP contribution in [0.5, 0.6) is 0 Å². The summed E-state index contributed by atoms with van der Waals surface area (Å²) in [6.07, 6.45) is 4.27. The smallest absolute Gasteiger partial charge is 0.165 e. The van der Waals surface area contributed by atoms with E-state index in [-0.39, 0.29) is 0 Å². The largest absolute Gasteiger partial charge is 0.361 e. The average Bonchev–Trinajstić information content (AvgIpc) is 3.21. The Labute approximate surface area is 244 Å². The van der Waals surface area contributed by atoms with E-state index in [0.717, 1.165) is 83.3 Å². The average molecular weight is 633 g/mol. The van der Waals surface area contributed by atoms with Gasteiger partial charge in [0, 0.05) is 45.1 Å². The zero-order valence-corrected chi connectivity index (χ0v) is 28.7. The van der Waals surface area contributed by atoms with E-state index in [4.69, 9.17) is 24.5 Å². The maximum atomic E-state index is 6.29. The maximum Gasteiger partial charge on any atom is 0.165 e. The number of hydrogen-bond acceptors (Lipinski definition) is 5. The minimum Gasteiger partial charge on any atom is -0.361 e. The van der Waals surface area contributed by atoms with Crippen molar-refractivity contribution < 1.29 is 9.47 Å². The monoisotopic (exact) mass is 631 g/mol. The van der Waals surface area contributed by atoms with Crippen molar-refractivity contribution in [1.82, 2.24) is 24.3 Å². The van der Waals surface area contributed by atoms with Gasteiger partial charge in [-0.1, -0.05) is 53.1 Å². The summed E-state index contributed by atoms with van der Waals surface area (Å²) in [5.41, 5.74) is 6.85. The Kier molecular flexibility index (Phi) is 8.09. The second-order valence-electron chi connectivity index (χ2n) is 14.4. The first-order valence-electron chi connectivity index (χ1n) is 14.6. The molecule has 10 heteroatoms. The third-order valence-electron chi connectivity index (χ3n) is 8.45. The number of halogens is 1. The molecule has 5 rings (SSSR count). The minimum atomic E-state index is -1.19. The van der Waals surface area contributed by atoms with E-state index in [1.165, 1.54) is 17.7 Å². The lowest BCUT2D eigenvalue weighted by molar-refractivity contribution is 0.0756. The Hall–Kier alpha value is -1.34. The Morgan fingerprint density at radius 3 is 2.33 bits per heavy atom. The molecule has 0 aliphatic heterocycles. The summed E-state index contributed by atoms with van der Waals surface area (Å²) in [4.78, 5) is 10.2. The molecule has 0 saturated heterocycles. The fraction of sp³-hybridized carbons (Fsp3) is 0.690. The predicted octanol–water partition coefficient (Wildman–Crippen LogP) is 7.37. The summed E-state index contributed by atoms with van der Waals surface area (Å²) >= 11 is 3.71. The van der Waals surface area contributed by atoms with Gasteiger partial charge in [-0.05, 0) is 71.1 Å². The fourth-order valence-corrected chi connectivity index (χ4v) is 7.68. The minimum absolute atomic E-state index is 0.406. The second kappa shape index (κ2) is 10.8. The highest BCUT2D eigenvalue weighted by Gasteiger charge is 2.54. The van der Waals surface area contributed by atoms with Gasteiger partial charge in [-0.2, -0.15) is 5.10 Å². The highest BCUT2D eigenvalue weighted by Crippen LogP contribution is 2.60. The van der Waals surface area contributed by atoms with Crippen molar-refractivity contribution >= 4 is 43.2 Å². The van der Waals surface area contributed by atoms with Crippen LogP contribution in [0.25, 0.3) is 22.7 Å². The quantitative estimate of drug-likeness (QED) is 0.154. The number of pyridine rings is 1. The van der Waals surface area contributed by atoms with Crippen molar-refractivity contribution in [3.8, 4) is 11.5 Å². The van der Waals surface area contributed by atoms with Gasteiger partial charge < -0.3 is 9.47 Å². The van der Waals surface area contributed by atoms with Crippen molar-refractivity contribution in [2.24, 2.45) is 11.3 Å². The van der Waals surface area contributed by atoms with Crippen LogP contribution in [-0.4, -0.2) is 53.7 Å². The maximum absolute atomic E-state index is 6.29. The molecule has 39 heavy (non-hydrogen) atoms. The molecular weight excluding hydrogens is 586 g/mol. The Morgan fingerprint density at radius 2 is 1.69 bits per heavy atom. The molecule has 0 amide bonds. The highest BCUT2D eigenvalue weighted by molar-refractivity contribution is 9.10. The zero-order chi connectivity index (χ0) is 28.2. The van der Waals surface area contributed by atoms with Crippen LogP contribution in [0.3, 0.4) is 0 Å². The van der Waals surface area contributed by atoms with Gasteiger partial charge in [0.1, 0.15) is 24.7 Å². The van der Waals surface area contributed by atoms with Gasteiger partial charge in [-0.3, -0.25) is 4.57 Å². The van der Waals surface area contributed by atoms with Gasteiger partial charge in [0.2, 0.25) is 0 Å². The van der Waals surface area contributed by atoms with Crippen LogP contribution in [-0.2, 0) is 42.2 Å². The number of ether oxygens (including phenoxy) is 2. The first-order chi connectivity index (χ1) is 18.3. The Balaban J connectivity index is 1.52. The molecule has 214 valence electrons. The van der Waals surface area contributed by atoms with E-state index in [9.17, 15) is 0 Å². The second-order valence-corrected chi connectivity index (χ2v) is 26.5. The van der Waals surface area contributed by atoms with Crippen LogP contribution in [0.15, 0.2) is 10.5 Å². The third kappa shape index (κ3) is 6.45. The number of fused-ring (bicyclic) bond motifs is 3. The summed E-state index contributed by atoms with van der Waals surface area (Å²) in [7, 11) is -2.33. The van der Waals surface area contributed by atoms with E-state index in [1.807, 2.05) is 0 Å². The van der Waals surface area contributed by atoms with Crippen LogP contribution in [0.4, 0.5) is 0 Å². The SMILES string of the molecule is CCc1nc2c(cc1Br)nc(-c1nn(COCC[Si](C)(C)C)c3c1C[C@@H]1C[C@]1(C)C3)n2COCC[Si](C)(C)C. The normalized spacial score (nSPS) is 20.9. The molecule has 0 aromatic carbocycles. The van der Waals surface area contributed by atoms with Crippen LogP contribution >= 0.6 is 15.9 Å².